The fourth-order valence-electron chi connectivity index (χ4n) is 4.42. The van der Waals surface area contributed by atoms with Crippen LogP contribution in [0.1, 0.15) is 57.8 Å². The Bertz CT molecular complexity index is 330. The van der Waals surface area contributed by atoms with E-state index in [1.54, 1.807) is 0 Å². The SMILES string of the molecule is Cl.NC[C@H]1CCC[C@H]1C(=O)NC1CC1C1CCCCC1. The molecule has 3 N–H and O–H groups in total. The molecular formula is C16H29ClN2O. The van der Waals surface area contributed by atoms with Crippen LogP contribution in [-0.2, 0) is 4.79 Å². The van der Waals surface area contributed by atoms with Crippen molar-refractivity contribution in [2.75, 3.05) is 6.54 Å². The highest BCUT2D eigenvalue weighted by atomic mass is 35.5. The second kappa shape index (κ2) is 7.13. The van der Waals surface area contributed by atoms with Gasteiger partial charge >= 0.3 is 0 Å². The van der Waals surface area contributed by atoms with Gasteiger partial charge in [-0.25, -0.2) is 0 Å². The van der Waals surface area contributed by atoms with Gasteiger partial charge in [0.1, 0.15) is 0 Å². The number of nitrogens with one attached hydrogen (secondary N) is 1. The molecule has 0 aliphatic heterocycles. The highest BCUT2D eigenvalue weighted by Gasteiger charge is 2.45. The van der Waals surface area contributed by atoms with E-state index >= 15 is 0 Å². The molecule has 3 rings (SSSR count). The molecule has 0 bridgehead atoms. The molecule has 4 atom stereocenters. The van der Waals surface area contributed by atoms with Crippen LogP contribution in [-0.4, -0.2) is 18.5 Å². The summed E-state index contributed by atoms with van der Waals surface area (Å²) in [6.07, 6.45) is 11.6. The molecule has 3 nitrogen and oxygen atoms in total. The summed E-state index contributed by atoms with van der Waals surface area (Å²) in [4.78, 5) is 12.3. The maximum atomic E-state index is 12.3. The Labute approximate surface area is 128 Å². The Hall–Kier alpha value is -0.280. The van der Waals surface area contributed by atoms with Crippen molar-refractivity contribution in [3.63, 3.8) is 0 Å². The van der Waals surface area contributed by atoms with Gasteiger partial charge in [0.05, 0.1) is 0 Å². The first-order valence-corrected chi connectivity index (χ1v) is 8.30. The first kappa shape index (κ1) is 16.1. The molecule has 0 aromatic rings. The summed E-state index contributed by atoms with van der Waals surface area (Å²) in [6, 6.07) is 0.495. The molecule has 3 saturated carbocycles. The molecule has 0 aromatic carbocycles. The van der Waals surface area contributed by atoms with Crippen LogP contribution in [0.3, 0.4) is 0 Å². The van der Waals surface area contributed by atoms with Gasteiger partial charge in [-0.15, -0.1) is 12.4 Å². The van der Waals surface area contributed by atoms with Gasteiger partial charge in [0.25, 0.3) is 0 Å². The van der Waals surface area contributed by atoms with Crippen LogP contribution in [0.25, 0.3) is 0 Å². The normalized spacial score (nSPS) is 37.2. The average Bonchev–Trinajstić information content (AvgIpc) is 3.04. The lowest BCUT2D eigenvalue weighted by molar-refractivity contribution is -0.126. The summed E-state index contributed by atoms with van der Waals surface area (Å²) in [5.41, 5.74) is 5.77. The van der Waals surface area contributed by atoms with Gasteiger partial charge in [0.2, 0.25) is 5.91 Å². The van der Waals surface area contributed by atoms with Crippen LogP contribution in [0.4, 0.5) is 0 Å². The van der Waals surface area contributed by atoms with E-state index in [0.29, 0.717) is 24.4 Å². The van der Waals surface area contributed by atoms with Crippen LogP contribution in [0.5, 0.6) is 0 Å². The van der Waals surface area contributed by atoms with Crippen LogP contribution < -0.4 is 11.1 Å². The maximum absolute atomic E-state index is 12.3. The van der Waals surface area contributed by atoms with Crippen molar-refractivity contribution in [3.05, 3.63) is 0 Å². The van der Waals surface area contributed by atoms with Crippen molar-refractivity contribution in [1.82, 2.24) is 5.32 Å². The molecule has 4 heteroatoms. The first-order valence-electron chi connectivity index (χ1n) is 8.30. The fraction of sp³-hybridized carbons (Fsp3) is 0.938. The van der Waals surface area contributed by atoms with E-state index in [9.17, 15) is 4.79 Å². The largest absolute Gasteiger partial charge is 0.353 e. The molecule has 2 unspecified atom stereocenters. The predicted molar refractivity (Wildman–Crippen MR) is 83.7 cm³/mol. The number of nitrogens with two attached hydrogens (primary N) is 1. The second-order valence-electron chi connectivity index (χ2n) is 6.95. The van der Waals surface area contributed by atoms with Gasteiger partial charge in [-0.2, -0.15) is 0 Å². The van der Waals surface area contributed by atoms with Gasteiger partial charge in [-0.3, -0.25) is 4.79 Å². The number of amides is 1. The number of carbonyl (C=O) groups is 1. The average molecular weight is 301 g/mol. The van der Waals surface area contributed by atoms with E-state index in [4.69, 9.17) is 5.73 Å². The summed E-state index contributed by atoms with van der Waals surface area (Å²) >= 11 is 0. The van der Waals surface area contributed by atoms with Gasteiger partial charge in [-0.1, -0.05) is 38.5 Å². The van der Waals surface area contributed by atoms with E-state index < -0.39 is 0 Å². The number of rotatable bonds is 4. The zero-order chi connectivity index (χ0) is 13.2. The molecule has 3 aliphatic carbocycles. The van der Waals surface area contributed by atoms with E-state index in [2.05, 4.69) is 5.32 Å². The summed E-state index contributed by atoms with van der Waals surface area (Å²) in [5, 5.41) is 3.31. The van der Waals surface area contributed by atoms with Crippen LogP contribution in [0.2, 0.25) is 0 Å². The minimum Gasteiger partial charge on any atom is -0.353 e. The second-order valence-corrected chi connectivity index (χ2v) is 6.95. The van der Waals surface area contributed by atoms with Crippen molar-refractivity contribution < 1.29 is 4.79 Å². The van der Waals surface area contributed by atoms with Gasteiger partial charge < -0.3 is 11.1 Å². The van der Waals surface area contributed by atoms with Crippen LogP contribution in [0.15, 0.2) is 0 Å². The quantitative estimate of drug-likeness (QED) is 0.839. The van der Waals surface area contributed by atoms with Crippen molar-refractivity contribution >= 4 is 18.3 Å². The van der Waals surface area contributed by atoms with Crippen LogP contribution in [0, 0.1) is 23.7 Å². The Morgan fingerprint density at radius 2 is 1.80 bits per heavy atom. The van der Waals surface area contributed by atoms with Gasteiger partial charge in [0.15, 0.2) is 0 Å². The fourth-order valence-corrected chi connectivity index (χ4v) is 4.42. The molecule has 3 aliphatic rings. The molecule has 0 saturated heterocycles. The van der Waals surface area contributed by atoms with E-state index in [1.807, 2.05) is 0 Å². The lowest BCUT2D eigenvalue weighted by Gasteiger charge is -2.22. The molecule has 0 spiro atoms. The van der Waals surface area contributed by atoms with Crippen molar-refractivity contribution in [2.45, 2.75) is 63.8 Å². The molecule has 0 aromatic heterocycles. The predicted octanol–water partition coefficient (Wildman–Crippen LogP) is 2.87. The lowest BCUT2D eigenvalue weighted by Crippen LogP contribution is -2.37. The summed E-state index contributed by atoms with van der Waals surface area (Å²) in [5.74, 6) is 2.63. The zero-order valence-corrected chi connectivity index (χ0v) is 13.2. The summed E-state index contributed by atoms with van der Waals surface area (Å²) < 4.78 is 0. The molecule has 0 heterocycles. The summed E-state index contributed by atoms with van der Waals surface area (Å²) in [7, 11) is 0. The lowest BCUT2D eigenvalue weighted by atomic mass is 9.85. The van der Waals surface area contributed by atoms with E-state index in [-0.39, 0.29) is 18.3 Å². The molecule has 20 heavy (non-hydrogen) atoms. The topological polar surface area (TPSA) is 55.1 Å². The number of halogens is 1. The Morgan fingerprint density at radius 1 is 1.05 bits per heavy atom. The highest BCUT2D eigenvalue weighted by molar-refractivity contribution is 5.85. The van der Waals surface area contributed by atoms with Crippen molar-refractivity contribution in [3.8, 4) is 0 Å². The summed E-state index contributed by atoms with van der Waals surface area (Å²) in [6.45, 7) is 0.675. The van der Waals surface area contributed by atoms with E-state index in [0.717, 1.165) is 24.7 Å². The standard InChI is InChI=1S/C16H28N2O.ClH/c17-10-12-7-4-8-13(12)16(19)18-15-9-14(15)11-5-2-1-3-6-11;/h11-15H,1-10,17H2,(H,18,19);1H/t12-,13-,14?,15?;/m1./s1. The third kappa shape index (κ3) is 3.48. The minimum atomic E-state index is 0. The van der Waals surface area contributed by atoms with E-state index in [1.165, 1.54) is 44.9 Å². The van der Waals surface area contributed by atoms with Crippen molar-refractivity contribution in [2.24, 2.45) is 29.4 Å². The van der Waals surface area contributed by atoms with Gasteiger partial charge in [0, 0.05) is 12.0 Å². The first-order chi connectivity index (χ1) is 9.29. The van der Waals surface area contributed by atoms with Crippen LogP contribution >= 0.6 is 12.4 Å². The molecule has 116 valence electrons. The Morgan fingerprint density at radius 3 is 2.50 bits per heavy atom. The third-order valence-corrected chi connectivity index (χ3v) is 5.72. The molecule has 1 amide bonds. The number of carbonyl (C=O) groups excluding carboxylic acids is 1. The zero-order valence-electron chi connectivity index (χ0n) is 12.4. The third-order valence-electron chi connectivity index (χ3n) is 5.72. The maximum Gasteiger partial charge on any atom is 0.223 e. The molecule has 0 radical (unpaired) electrons. The number of hydrogen-bond acceptors (Lipinski definition) is 2. The number of hydrogen-bond donors (Lipinski definition) is 2. The minimum absolute atomic E-state index is 0. The van der Waals surface area contributed by atoms with Gasteiger partial charge in [-0.05, 0) is 43.6 Å². The molecule has 3 fully saturated rings. The smallest absolute Gasteiger partial charge is 0.223 e. The monoisotopic (exact) mass is 300 g/mol. The highest BCUT2D eigenvalue weighted by Crippen LogP contribution is 2.44. The Balaban J connectivity index is 0.00000147. The van der Waals surface area contributed by atoms with Crippen molar-refractivity contribution in [1.29, 1.82) is 0 Å². The Kier molecular flexibility index (Phi) is 5.74. The molecular weight excluding hydrogens is 272 g/mol.